The van der Waals surface area contributed by atoms with Gasteiger partial charge < -0.3 is 4.90 Å². The topological polar surface area (TPSA) is 63.9 Å². The lowest BCUT2D eigenvalue weighted by molar-refractivity contribution is -0.142. The van der Waals surface area contributed by atoms with Crippen LogP contribution < -0.4 is 0 Å². The second kappa shape index (κ2) is 5.19. The summed E-state index contributed by atoms with van der Waals surface area (Å²) in [6, 6.07) is 0. The maximum absolute atomic E-state index is 12.8. The molecule has 0 radical (unpaired) electrons. The molecule has 0 aliphatic carbocycles. The number of aromatic nitrogens is 4. The van der Waals surface area contributed by atoms with Crippen LogP contribution in [0.2, 0.25) is 0 Å². The number of carbonyl (C=O) groups is 1. The van der Waals surface area contributed by atoms with Crippen LogP contribution in [0.5, 0.6) is 0 Å². The van der Waals surface area contributed by atoms with Gasteiger partial charge in [0.1, 0.15) is 0 Å². The van der Waals surface area contributed by atoms with Gasteiger partial charge in [-0.25, -0.2) is 0 Å². The van der Waals surface area contributed by atoms with Gasteiger partial charge in [0, 0.05) is 37.8 Å². The predicted octanol–water partition coefficient (Wildman–Crippen LogP) is 1.56. The standard InChI is InChI=1S/C10H10F3N5OS/c1-17(9(19)7-5-20-16-14-7)3-6-4-18(2)15-8(6)10(11,12)13/h4-5H,3H2,1-2H3. The van der Waals surface area contributed by atoms with Crippen LogP contribution in [0.25, 0.3) is 0 Å². The highest BCUT2D eigenvalue weighted by Crippen LogP contribution is 2.31. The largest absolute Gasteiger partial charge is 0.435 e. The maximum Gasteiger partial charge on any atom is 0.435 e. The van der Waals surface area contributed by atoms with Crippen molar-refractivity contribution in [1.82, 2.24) is 24.3 Å². The average molecular weight is 305 g/mol. The fourth-order valence-electron chi connectivity index (χ4n) is 1.67. The Labute approximate surface area is 116 Å². The van der Waals surface area contributed by atoms with E-state index >= 15 is 0 Å². The number of hydrogen-bond acceptors (Lipinski definition) is 5. The van der Waals surface area contributed by atoms with Crippen molar-refractivity contribution in [3.63, 3.8) is 0 Å². The molecule has 0 aromatic carbocycles. The highest BCUT2D eigenvalue weighted by molar-refractivity contribution is 7.03. The quantitative estimate of drug-likeness (QED) is 0.863. The number of aryl methyl sites for hydroxylation is 1. The average Bonchev–Trinajstić information content (AvgIpc) is 2.96. The van der Waals surface area contributed by atoms with E-state index in [2.05, 4.69) is 14.7 Å². The van der Waals surface area contributed by atoms with Crippen LogP contribution in [0.1, 0.15) is 21.7 Å². The van der Waals surface area contributed by atoms with Gasteiger partial charge in [-0.2, -0.15) is 18.3 Å². The lowest BCUT2D eigenvalue weighted by Crippen LogP contribution is -2.27. The third kappa shape index (κ3) is 2.95. The maximum atomic E-state index is 12.8. The highest BCUT2D eigenvalue weighted by atomic mass is 32.1. The smallest absolute Gasteiger partial charge is 0.336 e. The van der Waals surface area contributed by atoms with Gasteiger partial charge in [0.25, 0.3) is 5.91 Å². The van der Waals surface area contributed by atoms with Crippen molar-refractivity contribution in [2.75, 3.05) is 7.05 Å². The zero-order chi connectivity index (χ0) is 14.9. The molecule has 0 saturated carbocycles. The Kier molecular flexibility index (Phi) is 3.75. The van der Waals surface area contributed by atoms with Crippen LogP contribution >= 0.6 is 11.5 Å². The fourth-order valence-corrected chi connectivity index (χ4v) is 2.10. The van der Waals surface area contributed by atoms with Crippen molar-refractivity contribution in [2.24, 2.45) is 7.05 Å². The molecule has 0 atom stereocenters. The molecule has 2 rings (SSSR count). The van der Waals surface area contributed by atoms with Gasteiger partial charge in [-0.15, -0.1) is 5.10 Å². The Morgan fingerprint density at radius 2 is 2.20 bits per heavy atom. The second-order valence-corrected chi connectivity index (χ2v) is 4.74. The molecule has 1 amide bonds. The second-order valence-electron chi connectivity index (χ2n) is 4.13. The van der Waals surface area contributed by atoms with E-state index in [1.165, 1.54) is 25.7 Å². The van der Waals surface area contributed by atoms with Gasteiger partial charge in [-0.05, 0) is 11.5 Å². The summed E-state index contributed by atoms with van der Waals surface area (Å²) in [7, 11) is 2.79. The van der Waals surface area contributed by atoms with Crippen molar-refractivity contribution in [3.8, 4) is 0 Å². The van der Waals surface area contributed by atoms with Crippen molar-refractivity contribution in [2.45, 2.75) is 12.7 Å². The van der Waals surface area contributed by atoms with Gasteiger partial charge in [-0.3, -0.25) is 9.48 Å². The number of carbonyl (C=O) groups excluding carboxylic acids is 1. The summed E-state index contributed by atoms with van der Waals surface area (Å²) >= 11 is 0.998. The Morgan fingerprint density at radius 1 is 1.50 bits per heavy atom. The molecule has 0 N–H and O–H groups in total. The molecule has 0 bridgehead atoms. The number of hydrogen-bond donors (Lipinski definition) is 0. The summed E-state index contributed by atoms with van der Waals surface area (Å²) in [6.45, 7) is -0.209. The van der Waals surface area contributed by atoms with Gasteiger partial charge in [0.15, 0.2) is 11.4 Å². The summed E-state index contributed by atoms with van der Waals surface area (Å²) in [5, 5.41) is 8.41. The molecule has 0 spiro atoms. The normalized spacial score (nSPS) is 11.7. The highest BCUT2D eigenvalue weighted by Gasteiger charge is 2.37. The first kappa shape index (κ1) is 14.4. The molecule has 108 valence electrons. The lowest BCUT2D eigenvalue weighted by Gasteiger charge is -2.16. The lowest BCUT2D eigenvalue weighted by atomic mass is 10.2. The minimum Gasteiger partial charge on any atom is -0.336 e. The van der Waals surface area contributed by atoms with Crippen molar-refractivity contribution in [3.05, 3.63) is 28.5 Å². The van der Waals surface area contributed by atoms with E-state index < -0.39 is 17.8 Å². The first-order valence-corrected chi connectivity index (χ1v) is 6.25. The van der Waals surface area contributed by atoms with Crippen molar-refractivity contribution < 1.29 is 18.0 Å². The van der Waals surface area contributed by atoms with Crippen LogP contribution in [0.4, 0.5) is 13.2 Å². The molecule has 0 fully saturated rings. The molecular formula is C10H10F3N5OS. The molecule has 2 heterocycles. The van der Waals surface area contributed by atoms with Crippen LogP contribution in [-0.2, 0) is 19.8 Å². The Bertz CT molecular complexity index is 607. The number of nitrogens with zero attached hydrogens (tertiary/aromatic N) is 5. The molecule has 0 aliphatic rings. The van der Waals surface area contributed by atoms with Gasteiger partial charge >= 0.3 is 6.18 Å². The van der Waals surface area contributed by atoms with E-state index in [1.807, 2.05) is 0 Å². The Hall–Kier alpha value is -1.97. The van der Waals surface area contributed by atoms with E-state index in [-0.39, 0.29) is 17.8 Å². The number of halogens is 3. The van der Waals surface area contributed by atoms with Crippen molar-refractivity contribution >= 4 is 17.4 Å². The van der Waals surface area contributed by atoms with Crippen LogP contribution in [0, 0.1) is 0 Å². The molecule has 2 aromatic rings. The first-order chi connectivity index (χ1) is 9.29. The molecule has 0 aliphatic heterocycles. The van der Waals surface area contributed by atoms with Gasteiger partial charge in [-0.1, -0.05) is 4.49 Å². The minimum atomic E-state index is -4.55. The molecule has 0 unspecified atom stereocenters. The van der Waals surface area contributed by atoms with E-state index in [0.29, 0.717) is 0 Å². The molecule has 6 nitrogen and oxygen atoms in total. The van der Waals surface area contributed by atoms with Crippen LogP contribution in [0.3, 0.4) is 0 Å². The van der Waals surface area contributed by atoms with Gasteiger partial charge in [0.05, 0.1) is 0 Å². The van der Waals surface area contributed by atoms with Crippen LogP contribution in [-0.4, -0.2) is 37.2 Å². The third-order valence-corrected chi connectivity index (χ3v) is 3.01. The Balaban J connectivity index is 2.20. The zero-order valence-corrected chi connectivity index (χ0v) is 11.4. The summed E-state index contributed by atoms with van der Waals surface area (Å²) in [5.41, 5.74) is -0.954. The minimum absolute atomic E-state index is 0.0703. The number of amides is 1. The van der Waals surface area contributed by atoms with Crippen molar-refractivity contribution in [1.29, 1.82) is 0 Å². The fraction of sp³-hybridized carbons (Fsp3) is 0.400. The predicted molar refractivity (Wildman–Crippen MR) is 63.9 cm³/mol. The molecule has 0 saturated heterocycles. The molecule has 2 aromatic heterocycles. The van der Waals surface area contributed by atoms with E-state index in [4.69, 9.17) is 0 Å². The van der Waals surface area contributed by atoms with Crippen LogP contribution in [0.15, 0.2) is 11.6 Å². The number of alkyl halides is 3. The molecule has 20 heavy (non-hydrogen) atoms. The zero-order valence-electron chi connectivity index (χ0n) is 10.5. The van der Waals surface area contributed by atoms with E-state index in [0.717, 1.165) is 21.1 Å². The van der Waals surface area contributed by atoms with E-state index in [9.17, 15) is 18.0 Å². The molecule has 10 heteroatoms. The summed E-state index contributed by atoms with van der Waals surface area (Å²) in [6.07, 6.45) is -3.31. The Morgan fingerprint density at radius 3 is 2.75 bits per heavy atom. The third-order valence-electron chi connectivity index (χ3n) is 2.51. The SMILES string of the molecule is CN(Cc1cn(C)nc1C(F)(F)F)C(=O)c1csnn1. The summed E-state index contributed by atoms with van der Waals surface area (Å²) in [4.78, 5) is 13.0. The van der Waals surface area contributed by atoms with Gasteiger partial charge in [0.2, 0.25) is 0 Å². The summed E-state index contributed by atoms with van der Waals surface area (Å²) < 4.78 is 43.0. The first-order valence-electron chi connectivity index (χ1n) is 5.41. The molecular weight excluding hydrogens is 295 g/mol. The van der Waals surface area contributed by atoms with E-state index in [1.54, 1.807) is 0 Å². The summed E-state index contributed by atoms with van der Waals surface area (Å²) in [5.74, 6) is -0.490. The monoisotopic (exact) mass is 305 g/mol. The number of rotatable bonds is 3.